The summed E-state index contributed by atoms with van der Waals surface area (Å²) in [5.74, 6) is -0.452. The van der Waals surface area contributed by atoms with Gasteiger partial charge in [0.25, 0.3) is 0 Å². The Labute approximate surface area is 98.9 Å². The Morgan fingerprint density at radius 2 is 2.18 bits per heavy atom. The van der Waals surface area contributed by atoms with Gasteiger partial charge in [0.1, 0.15) is 6.61 Å². The largest absolute Gasteiger partial charge is 0.467 e. The monoisotopic (exact) mass is 235 g/mol. The number of rotatable bonds is 3. The molecule has 5 nitrogen and oxygen atoms in total. The molecule has 1 atom stereocenters. The van der Waals surface area contributed by atoms with E-state index >= 15 is 0 Å². The van der Waals surface area contributed by atoms with Gasteiger partial charge in [-0.3, -0.25) is 4.90 Å². The van der Waals surface area contributed by atoms with Crippen molar-refractivity contribution in [1.82, 2.24) is 4.90 Å². The third-order valence-corrected chi connectivity index (χ3v) is 2.64. The molecule has 1 heterocycles. The van der Waals surface area contributed by atoms with Crippen molar-refractivity contribution in [3.05, 3.63) is 35.9 Å². The molecular formula is C12H13NO4. The van der Waals surface area contributed by atoms with Crippen LogP contribution in [0.25, 0.3) is 0 Å². The maximum absolute atomic E-state index is 11.5. The first-order chi connectivity index (χ1) is 8.22. The number of amides is 1. The molecule has 0 N–H and O–H groups in total. The number of nitrogens with zero attached hydrogens (tertiary/aromatic N) is 1. The molecule has 90 valence electrons. The van der Waals surface area contributed by atoms with Crippen LogP contribution in [0.3, 0.4) is 0 Å². The van der Waals surface area contributed by atoms with Gasteiger partial charge in [-0.1, -0.05) is 30.3 Å². The van der Waals surface area contributed by atoms with Gasteiger partial charge >= 0.3 is 12.1 Å². The Kier molecular flexibility index (Phi) is 3.27. The fourth-order valence-electron chi connectivity index (χ4n) is 1.74. The highest BCUT2D eigenvalue weighted by atomic mass is 16.6. The normalized spacial score (nSPS) is 19.0. The van der Waals surface area contributed by atoms with Crippen LogP contribution >= 0.6 is 0 Å². The van der Waals surface area contributed by atoms with Crippen LogP contribution in [0.1, 0.15) is 5.56 Å². The Hall–Kier alpha value is -2.04. The molecule has 2 rings (SSSR count). The third kappa shape index (κ3) is 2.38. The second kappa shape index (κ2) is 4.86. The molecule has 1 fully saturated rings. The summed E-state index contributed by atoms with van der Waals surface area (Å²) in [6.07, 6.45) is -0.482. The zero-order chi connectivity index (χ0) is 12.3. The molecule has 0 radical (unpaired) electrons. The van der Waals surface area contributed by atoms with Crippen molar-refractivity contribution >= 4 is 12.1 Å². The molecule has 0 aromatic heterocycles. The topological polar surface area (TPSA) is 55.8 Å². The highest BCUT2D eigenvalue weighted by molar-refractivity contribution is 5.84. The molecule has 1 aliphatic rings. The molecule has 17 heavy (non-hydrogen) atoms. The van der Waals surface area contributed by atoms with Gasteiger partial charge in [0, 0.05) is 0 Å². The Bertz CT molecular complexity index is 418. The van der Waals surface area contributed by atoms with E-state index in [4.69, 9.17) is 4.74 Å². The standard InChI is InChI=1S/C12H13NO4/c1-16-11(14)10-8-17-12(15)13(10)7-9-5-3-2-4-6-9/h2-6,10H,7-8H2,1H3. The summed E-state index contributed by atoms with van der Waals surface area (Å²) in [6.45, 7) is 0.401. The van der Waals surface area contributed by atoms with Crippen LogP contribution in [-0.4, -0.2) is 36.7 Å². The average Bonchev–Trinajstić information content (AvgIpc) is 2.72. The number of ether oxygens (including phenoxy) is 2. The van der Waals surface area contributed by atoms with Crippen molar-refractivity contribution in [3.63, 3.8) is 0 Å². The quantitative estimate of drug-likeness (QED) is 0.738. The minimum absolute atomic E-state index is 0.0539. The van der Waals surface area contributed by atoms with E-state index in [2.05, 4.69) is 4.74 Å². The molecule has 0 saturated carbocycles. The SMILES string of the molecule is COC(=O)C1COC(=O)N1Cc1ccccc1. The minimum Gasteiger partial charge on any atom is -0.467 e. The van der Waals surface area contributed by atoms with E-state index in [9.17, 15) is 9.59 Å². The van der Waals surface area contributed by atoms with Crippen molar-refractivity contribution in [2.45, 2.75) is 12.6 Å². The second-order valence-electron chi connectivity index (χ2n) is 3.73. The molecule has 0 aliphatic carbocycles. The lowest BCUT2D eigenvalue weighted by molar-refractivity contribution is -0.145. The van der Waals surface area contributed by atoms with E-state index in [1.807, 2.05) is 30.3 Å². The van der Waals surface area contributed by atoms with Gasteiger partial charge in [0.15, 0.2) is 6.04 Å². The van der Waals surface area contributed by atoms with E-state index in [0.717, 1.165) is 5.56 Å². The van der Waals surface area contributed by atoms with Crippen molar-refractivity contribution in [2.75, 3.05) is 13.7 Å². The van der Waals surface area contributed by atoms with Crippen LogP contribution in [0.15, 0.2) is 30.3 Å². The van der Waals surface area contributed by atoms with E-state index in [1.165, 1.54) is 12.0 Å². The summed E-state index contributed by atoms with van der Waals surface area (Å²) in [4.78, 5) is 24.3. The lowest BCUT2D eigenvalue weighted by atomic mass is 10.2. The molecule has 5 heteroatoms. The first kappa shape index (κ1) is 11.4. The summed E-state index contributed by atoms with van der Waals surface area (Å²) in [5.41, 5.74) is 0.945. The van der Waals surface area contributed by atoms with Crippen molar-refractivity contribution in [1.29, 1.82) is 0 Å². The summed E-state index contributed by atoms with van der Waals surface area (Å²) in [7, 11) is 1.30. The zero-order valence-corrected chi connectivity index (χ0v) is 9.46. The first-order valence-corrected chi connectivity index (χ1v) is 5.27. The minimum atomic E-state index is -0.646. The molecule has 0 spiro atoms. The number of carbonyl (C=O) groups is 2. The van der Waals surface area contributed by atoms with Crippen LogP contribution < -0.4 is 0 Å². The predicted molar refractivity (Wildman–Crippen MR) is 59.1 cm³/mol. The van der Waals surface area contributed by atoms with Crippen LogP contribution in [0, 0.1) is 0 Å². The van der Waals surface area contributed by atoms with Gasteiger partial charge < -0.3 is 9.47 Å². The summed E-state index contributed by atoms with van der Waals surface area (Å²) in [6, 6.07) is 8.78. The Morgan fingerprint density at radius 1 is 1.47 bits per heavy atom. The van der Waals surface area contributed by atoms with Gasteiger partial charge in [0.05, 0.1) is 13.7 Å². The summed E-state index contributed by atoms with van der Waals surface area (Å²) < 4.78 is 9.50. The van der Waals surface area contributed by atoms with Crippen LogP contribution in [-0.2, 0) is 20.8 Å². The first-order valence-electron chi connectivity index (χ1n) is 5.27. The summed E-state index contributed by atoms with van der Waals surface area (Å²) >= 11 is 0. The third-order valence-electron chi connectivity index (χ3n) is 2.64. The molecule has 1 saturated heterocycles. The number of hydrogen-bond donors (Lipinski definition) is 0. The number of cyclic esters (lactones) is 1. The van der Waals surface area contributed by atoms with E-state index < -0.39 is 18.1 Å². The van der Waals surface area contributed by atoms with E-state index in [-0.39, 0.29) is 6.61 Å². The van der Waals surface area contributed by atoms with Crippen molar-refractivity contribution < 1.29 is 19.1 Å². The van der Waals surface area contributed by atoms with Gasteiger partial charge in [-0.25, -0.2) is 9.59 Å². The smallest absolute Gasteiger partial charge is 0.411 e. The molecule has 1 aliphatic heterocycles. The predicted octanol–water partition coefficient (Wildman–Crippen LogP) is 1.18. The lowest BCUT2D eigenvalue weighted by Gasteiger charge is -2.19. The zero-order valence-electron chi connectivity index (χ0n) is 9.46. The van der Waals surface area contributed by atoms with Gasteiger partial charge in [-0.2, -0.15) is 0 Å². The highest BCUT2D eigenvalue weighted by Crippen LogP contribution is 2.17. The van der Waals surface area contributed by atoms with Crippen molar-refractivity contribution in [2.24, 2.45) is 0 Å². The van der Waals surface area contributed by atoms with E-state index in [0.29, 0.717) is 6.54 Å². The highest BCUT2D eigenvalue weighted by Gasteiger charge is 2.38. The number of benzene rings is 1. The molecule has 1 aromatic carbocycles. The lowest BCUT2D eigenvalue weighted by Crippen LogP contribution is -2.39. The van der Waals surface area contributed by atoms with Crippen LogP contribution in [0.4, 0.5) is 4.79 Å². The summed E-state index contributed by atoms with van der Waals surface area (Å²) in [5, 5.41) is 0. The van der Waals surface area contributed by atoms with Gasteiger partial charge in [-0.15, -0.1) is 0 Å². The molecule has 1 unspecified atom stereocenters. The average molecular weight is 235 g/mol. The van der Waals surface area contributed by atoms with Gasteiger partial charge in [0.2, 0.25) is 0 Å². The van der Waals surface area contributed by atoms with Gasteiger partial charge in [-0.05, 0) is 5.56 Å². The molecule has 1 amide bonds. The number of methoxy groups -OCH3 is 1. The van der Waals surface area contributed by atoms with Crippen LogP contribution in [0.2, 0.25) is 0 Å². The molecular weight excluding hydrogens is 222 g/mol. The maximum atomic E-state index is 11.5. The maximum Gasteiger partial charge on any atom is 0.411 e. The fraction of sp³-hybridized carbons (Fsp3) is 0.333. The number of esters is 1. The fourth-order valence-corrected chi connectivity index (χ4v) is 1.74. The van der Waals surface area contributed by atoms with Crippen molar-refractivity contribution in [3.8, 4) is 0 Å². The molecule has 0 bridgehead atoms. The second-order valence-corrected chi connectivity index (χ2v) is 3.73. The van der Waals surface area contributed by atoms with E-state index in [1.54, 1.807) is 0 Å². The Balaban J connectivity index is 2.12. The Morgan fingerprint density at radius 3 is 2.82 bits per heavy atom. The number of hydrogen-bond acceptors (Lipinski definition) is 4. The van der Waals surface area contributed by atoms with Crippen LogP contribution in [0.5, 0.6) is 0 Å². The number of carbonyl (C=O) groups excluding carboxylic acids is 2. The molecule has 1 aromatic rings.